The van der Waals surface area contributed by atoms with Gasteiger partial charge in [0, 0.05) is 6.07 Å². The molecule has 0 unspecified atom stereocenters. The van der Waals surface area contributed by atoms with Gasteiger partial charge in [-0.3, -0.25) is 10.7 Å². The molecule has 0 amide bonds. The largest absolute Gasteiger partial charge is 0.503 e. The molecule has 6 heteroatoms. The van der Waals surface area contributed by atoms with Crippen molar-refractivity contribution in [1.29, 1.82) is 5.26 Å². The number of hydrogen-bond acceptors (Lipinski definition) is 5. The summed E-state index contributed by atoms with van der Waals surface area (Å²) >= 11 is 0. The van der Waals surface area contributed by atoms with Crippen LogP contribution in [0.1, 0.15) is 5.56 Å². The third kappa shape index (κ3) is 2.36. The Kier molecular flexibility index (Phi) is 3.49. The van der Waals surface area contributed by atoms with Crippen molar-refractivity contribution in [2.45, 2.75) is 0 Å². The summed E-state index contributed by atoms with van der Waals surface area (Å²) in [5.74, 6) is -0.0397. The normalized spacial score (nSPS) is 9.93. The first-order valence-electron chi connectivity index (χ1n) is 3.96. The van der Waals surface area contributed by atoms with Crippen LogP contribution in [0.3, 0.4) is 0 Å². The van der Waals surface area contributed by atoms with Gasteiger partial charge in [-0.15, -0.1) is 0 Å². The van der Waals surface area contributed by atoms with Crippen molar-refractivity contribution < 1.29 is 15.1 Å². The Morgan fingerprint density at radius 3 is 2.87 bits per heavy atom. The van der Waals surface area contributed by atoms with E-state index in [1.165, 1.54) is 19.2 Å². The van der Waals surface area contributed by atoms with Crippen molar-refractivity contribution in [3.05, 3.63) is 17.7 Å². The fourth-order valence-electron chi connectivity index (χ4n) is 1.01. The molecule has 78 valence electrons. The summed E-state index contributed by atoms with van der Waals surface area (Å²) in [6.45, 7) is 0. The number of rotatable bonds is 3. The molecule has 0 aromatic heterocycles. The van der Waals surface area contributed by atoms with E-state index in [0.717, 1.165) is 6.34 Å². The maximum Gasteiger partial charge on any atom is 0.184 e. The molecule has 0 aliphatic rings. The number of aromatic hydroxyl groups is 1. The molecule has 0 saturated carbocycles. The minimum atomic E-state index is -0.192. The summed E-state index contributed by atoms with van der Waals surface area (Å²) in [4.78, 5) is 3.67. The minimum Gasteiger partial charge on any atom is -0.503 e. The number of hydroxylamine groups is 1. The first-order valence-corrected chi connectivity index (χ1v) is 3.96. The van der Waals surface area contributed by atoms with E-state index in [4.69, 9.17) is 15.2 Å². The molecule has 0 bridgehead atoms. The van der Waals surface area contributed by atoms with Gasteiger partial charge < -0.3 is 9.84 Å². The van der Waals surface area contributed by atoms with E-state index >= 15 is 0 Å². The lowest BCUT2D eigenvalue weighted by atomic mass is 10.2. The number of phenols is 1. The Morgan fingerprint density at radius 2 is 2.33 bits per heavy atom. The average Bonchev–Trinajstić information content (AvgIpc) is 2.27. The molecule has 3 N–H and O–H groups in total. The molecule has 15 heavy (non-hydrogen) atoms. The lowest BCUT2D eigenvalue weighted by Crippen LogP contribution is -2.01. The molecule has 0 aliphatic carbocycles. The molecule has 0 saturated heterocycles. The van der Waals surface area contributed by atoms with Crippen LogP contribution in [-0.4, -0.2) is 23.8 Å². The summed E-state index contributed by atoms with van der Waals surface area (Å²) < 4.78 is 4.85. The third-order valence-corrected chi connectivity index (χ3v) is 1.67. The van der Waals surface area contributed by atoms with Crippen LogP contribution >= 0.6 is 0 Å². The Balaban J connectivity index is 3.25. The van der Waals surface area contributed by atoms with Crippen molar-refractivity contribution in [1.82, 2.24) is 5.48 Å². The van der Waals surface area contributed by atoms with Crippen LogP contribution < -0.4 is 10.2 Å². The minimum absolute atomic E-state index is 0.132. The molecule has 0 heterocycles. The predicted molar refractivity (Wildman–Crippen MR) is 52.4 cm³/mol. The number of nitrogens with one attached hydrogen (secondary N) is 1. The van der Waals surface area contributed by atoms with Gasteiger partial charge >= 0.3 is 0 Å². The number of nitrogens with zero attached hydrogens (tertiary/aromatic N) is 2. The number of hydrogen-bond donors (Lipinski definition) is 3. The second-order valence-electron chi connectivity index (χ2n) is 2.55. The zero-order valence-electron chi connectivity index (χ0n) is 7.93. The summed E-state index contributed by atoms with van der Waals surface area (Å²) in [6, 6.07) is 4.65. The fraction of sp³-hybridized carbons (Fsp3) is 0.111. The van der Waals surface area contributed by atoms with Gasteiger partial charge in [-0.2, -0.15) is 5.26 Å². The van der Waals surface area contributed by atoms with Crippen LogP contribution in [0.25, 0.3) is 0 Å². The molecule has 1 rings (SSSR count). The Hall–Kier alpha value is -2.26. The first-order chi connectivity index (χ1) is 7.22. The second kappa shape index (κ2) is 4.83. The lowest BCUT2D eigenvalue weighted by Gasteiger charge is -2.05. The number of methoxy groups -OCH3 is 1. The molecule has 0 radical (unpaired) electrons. The van der Waals surface area contributed by atoms with Crippen molar-refractivity contribution in [3.63, 3.8) is 0 Å². The Bertz CT molecular complexity index is 423. The number of phenolic OH excluding ortho intramolecular Hbond substituents is 1. The van der Waals surface area contributed by atoms with E-state index < -0.39 is 0 Å². The molecule has 0 fully saturated rings. The first kappa shape index (κ1) is 10.8. The zero-order chi connectivity index (χ0) is 11.3. The van der Waals surface area contributed by atoms with Crippen LogP contribution in [0.5, 0.6) is 11.5 Å². The van der Waals surface area contributed by atoms with E-state index in [2.05, 4.69) is 4.99 Å². The second-order valence-corrected chi connectivity index (χ2v) is 2.55. The maximum atomic E-state index is 9.58. The highest BCUT2D eigenvalue weighted by molar-refractivity contribution is 5.68. The molecule has 0 atom stereocenters. The SMILES string of the molecule is COc1cc(C#N)cc(N=CNO)c1O. The van der Waals surface area contributed by atoms with Gasteiger partial charge in [0.15, 0.2) is 11.5 Å². The van der Waals surface area contributed by atoms with Gasteiger partial charge in [0.2, 0.25) is 0 Å². The van der Waals surface area contributed by atoms with E-state index in [-0.39, 0.29) is 17.2 Å². The van der Waals surface area contributed by atoms with Crippen LogP contribution in [0, 0.1) is 11.3 Å². The van der Waals surface area contributed by atoms with E-state index in [0.29, 0.717) is 5.56 Å². The standard InChI is InChI=1S/C9H9N3O3/c1-15-8-3-6(4-10)2-7(9(8)13)11-5-12-14/h2-3,5,13-14H,1H3,(H,11,12). The Labute approximate surface area is 86.0 Å². The molecular weight excluding hydrogens is 198 g/mol. The van der Waals surface area contributed by atoms with Crippen LogP contribution in [-0.2, 0) is 0 Å². The van der Waals surface area contributed by atoms with Crippen molar-refractivity contribution in [3.8, 4) is 17.6 Å². The average molecular weight is 207 g/mol. The van der Waals surface area contributed by atoms with E-state index in [1.807, 2.05) is 6.07 Å². The topological polar surface area (TPSA) is 97.9 Å². The molecule has 1 aromatic carbocycles. The summed E-state index contributed by atoms with van der Waals surface area (Å²) in [5, 5.41) is 26.6. The van der Waals surface area contributed by atoms with Crippen molar-refractivity contribution in [2.24, 2.45) is 4.99 Å². The zero-order valence-corrected chi connectivity index (χ0v) is 7.93. The van der Waals surface area contributed by atoms with Crippen LogP contribution in [0.15, 0.2) is 17.1 Å². The highest BCUT2D eigenvalue weighted by Crippen LogP contribution is 2.36. The molecule has 6 nitrogen and oxygen atoms in total. The van der Waals surface area contributed by atoms with E-state index in [9.17, 15) is 5.11 Å². The van der Waals surface area contributed by atoms with Gasteiger partial charge in [0.05, 0.1) is 18.7 Å². The summed E-state index contributed by atoms with van der Waals surface area (Å²) in [7, 11) is 1.37. The third-order valence-electron chi connectivity index (χ3n) is 1.67. The Morgan fingerprint density at radius 1 is 1.60 bits per heavy atom. The van der Waals surface area contributed by atoms with Gasteiger partial charge in [-0.05, 0) is 6.07 Å². The van der Waals surface area contributed by atoms with Crippen molar-refractivity contribution in [2.75, 3.05) is 7.11 Å². The monoisotopic (exact) mass is 207 g/mol. The van der Waals surface area contributed by atoms with Gasteiger partial charge in [0.1, 0.15) is 12.0 Å². The molecular formula is C9H9N3O3. The predicted octanol–water partition coefficient (Wildman–Crippen LogP) is 0.911. The quantitative estimate of drug-likeness (QED) is 0.389. The highest BCUT2D eigenvalue weighted by atomic mass is 16.5. The summed E-state index contributed by atoms with van der Waals surface area (Å²) in [6.07, 6.45) is 0.968. The highest BCUT2D eigenvalue weighted by Gasteiger charge is 2.09. The smallest absolute Gasteiger partial charge is 0.184 e. The maximum absolute atomic E-state index is 9.58. The molecule has 0 spiro atoms. The van der Waals surface area contributed by atoms with Crippen LogP contribution in [0.4, 0.5) is 5.69 Å². The summed E-state index contributed by atoms with van der Waals surface area (Å²) in [5.41, 5.74) is 2.12. The number of ether oxygens (including phenoxy) is 1. The number of nitriles is 1. The number of benzene rings is 1. The molecule has 0 aliphatic heterocycles. The van der Waals surface area contributed by atoms with Crippen LogP contribution in [0.2, 0.25) is 0 Å². The van der Waals surface area contributed by atoms with Gasteiger partial charge in [-0.1, -0.05) is 0 Å². The lowest BCUT2D eigenvalue weighted by molar-refractivity contribution is 0.240. The fourth-order valence-corrected chi connectivity index (χ4v) is 1.01. The van der Waals surface area contributed by atoms with Gasteiger partial charge in [0.25, 0.3) is 0 Å². The molecule has 1 aromatic rings. The van der Waals surface area contributed by atoms with E-state index in [1.54, 1.807) is 5.48 Å². The number of aliphatic imine (C=N–C) groups is 1. The van der Waals surface area contributed by atoms with Crippen molar-refractivity contribution >= 4 is 12.0 Å². The van der Waals surface area contributed by atoms with Gasteiger partial charge in [-0.25, -0.2) is 4.99 Å².